The van der Waals surface area contributed by atoms with E-state index in [0.717, 1.165) is 0 Å². The SMILES string of the molecule is CC[C@@](C)(O)[C@H]1O[C@@H]2OC(C)(C)O[C@@H]2[C@@H]1C.CC[C@](C)(O)[C@H]1O[C@@H]2OC(C)(C)O[C@@H]2[C@@H]1C. The van der Waals surface area contributed by atoms with Gasteiger partial charge in [0.2, 0.25) is 0 Å². The normalized spacial score (nSPS) is 45.4. The Morgan fingerprint density at radius 3 is 1.22 bits per heavy atom. The van der Waals surface area contributed by atoms with Gasteiger partial charge in [0.05, 0.1) is 23.4 Å². The van der Waals surface area contributed by atoms with Crippen molar-refractivity contribution < 1.29 is 38.6 Å². The van der Waals surface area contributed by atoms with Crippen molar-refractivity contribution in [3.63, 3.8) is 0 Å². The van der Waals surface area contributed by atoms with Gasteiger partial charge in [0, 0.05) is 11.8 Å². The highest BCUT2D eigenvalue weighted by Crippen LogP contribution is 2.45. The predicted molar refractivity (Wildman–Crippen MR) is 118 cm³/mol. The van der Waals surface area contributed by atoms with Gasteiger partial charge in [-0.15, -0.1) is 0 Å². The standard InChI is InChI=1S/2C12H22O4/c2*1-6-12(5,13)9-7(2)8-10(14-9)16-11(3,4)15-8/h2*7-10,13H,6H2,1-5H3/t7-,8+,9-,10+,12+;7-,8+,9-,10+,12-/m00/s1. The van der Waals surface area contributed by atoms with Crippen LogP contribution in [0.5, 0.6) is 0 Å². The molecule has 4 aliphatic heterocycles. The van der Waals surface area contributed by atoms with E-state index >= 15 is 0 Å². The highest BCUT2D eigenvalue weighted by molar-refractivity contribution is 4.99. The van der Waals surface area contributed by atoms with Crippen molar-refractivity contribution >= 4 is 0 Å². The van der Waals surface area contributed by atoms with E-state index in [-0.39, 0.29) is 48.8 Å². The number of aliphatic hydroxyl groups is 2. The van der Waals surface area contributed by atoms with Crippen LogP contribution in [0.1, 0.15) is 82.1 Å². The largest absolute Gasteiger partial charge is 0.387 e. The van der Waals surface area contributed by atoms with Gasteiger partial charge in [0.25, 0.3) is 0 Å². The summed E-state index contributed by atoms with van der Waals surface area (Å²) in [5.74, 6) is -0.873. The van der Waals surface area contributed by atoms with Crippen molar-refractivity contribution in [3.8, 4) is 0 Å². The van der Waals surface area contributed by atoms with Crippen molar-refractivity contribution in [1.29, 1.82) is 0 Å². The average molecular weight is 461 g/mol. The molecule has 0 amide bonds. The first kappa shape index (κ1) is 26.3. The summed E-state index contributed by atoms with van der Waals surface area (Å²) in [5.41, 5.74) is -1.64. The third-order valence-electron chi connectivity index (χ3n) is 7.39. The summed E-state index contributed by atoms with van der Waals surface area (Å²) >= 11 is 0. The molecule has 2 N–H and O–H groups in total. The van der Waals surface area contributed by atoms with Crippen LogP contribution in [-0.4, -0.2) is 70.0 Å². The first-order valence-electron chi connectivity index (χ1n) is 12.0. The van der Waals surface area contributed by atoms with Crippen LogP contribution in [0.15, 0.2) is 0 Å². The lowest BCUT2D eigenvalue weighted by Crippen LogP contribution is -2.44. The average Bonchev–Trinajstić information content (AvgIpc) is 3.34. The highest BCUT2D eigenvalue weighted by atomic mass is 16.8. The van der Waals surface area contributed by atoms with Crippen LogP contribution in [0.25, 0.3) is 0 Å². The van der Waals surface area contributed by atoms with Gasteiger partial charge in [-0.25, -0.2) is 0 Å². The Morgan fingerprint density at radius 2 is 0.969 bits per heavy atom. The summed E-state index contributed by atoms with van der Waals surface area (Å²) in [7, 11) is 0. The summed E-state index contributed by atoms with van der Waals surface area (Å²) < 4.78 is 34.5. The zero-order valence-electron chi connectivity index (χ0n) is 21.4. The molecule has 4 saturated heterocycles. The van der Waals surface area contributed by atoms with Crippen LogP contribution < -0.4 is 0 Å². The smallest absolute Gasteiger partial charge is 0.187 e. The third-order valence-corrected chi connectivity index (χ3v) is 7.39. The van der Waals surface area contributed by atoms with E-state index in [1.54, 1.807) is 13.8 Å². The second-order valence-corrected chi connectivity index (χ2v) is 11.2. The summed E-state index contributed by atoms with van der Waals surface area (Å²) in [6, 6.07) is 0. The Balaban J connectivity index is 0.000000181. The fraction of sp³-hybridized carbons (Fsp3) is 1.00. The number of ether oxygens (including phenoxy) is 6. The molecule has 0 bridgehead atoms. The third kappa shape index (κ3) is 5.03. The Hall–Kier alpha value is -0.320. The molecule has 4 heterocycles. The van der Waals surface area contributed by atoms with Gasteiger partial charge >= 0.3 is 0 Å². The molecule has 0 saturated carbocycles. The number of rotatable bonds is 4. The van der Waals surface area contributed by atoms with Gasteiger partial charge in [0.1, 0.15) is 12.2 Å². The topological polar surface area (TPSA) is 95.8 Å². The maximum atomic E-state index is 10.2. The lowest BCUT2D eigenvalue weighted by Gasteiger charge is -2.33. The van der Waals surface area contributed by atoms with Crippen molar-refractivity contribution in [2.45, 2.75) is 142 Å². The molecule has 0 spiro atoms. The molecule has 0 aliphatic carbocycles. The van der Waals surface area contributed by atoms with Crippen molar-refractivity contribution in [3.05, 3.63) is 0 Å². The molecule has 4 rings (SSSR count). The van der Waals surface area contributed by atoms with E-state index in [1.165, 1.54) is 0 Å². The van der Waals surface area contributed by atoms with Crippen molar-refractivity contribution in [1.82, 2.24) is 0 Å². The second kappa shape index (κ2) is 8.72. The van der Waals surface area contributed by atoms with Gasteiger partial charge in [-0.2, -0.15) is 0 Å². The Labute approximate surface area is 192 Å². The van der Waals surface area contributed by atoms with E-state index in [1.807, 2.05) is 55.4 Å². The van der Waals surface area contributed by atoms with Crippen molar-refractivity contribution in [2.24, 2.45) is 11.8 Å². The molecular formula is C24H44O8. The molecule has 8 nitrogen and oxygen atoms in total. The molecule has 0 aromatic carbocycles. The van der Waals surface area contributed by atoms with E-state index < -0.39 is 22.8 Å². The summed E-state index contributed by atoms with van der Waals surface area (Å²) in [6.07, 6.45) is 0.0553. The summed E-state index contributed by atoms with van der Waals surface area (Å²) in [4.78, 5) is 0. The number of hydrogen-bond donors (Lipinski definition) is 2. The van der Waals surface area contributed by atoms with Crippen LogP contribution in [-0.2, 0) is 28.4 Å². The zero-order chi connectivity index (χ0) is 24.3. The monoisotopic (exact) mass is 460 g/mol. The van der Waals surface area contributed by atoms with E-state index in [4.69, 9.17) is 28.4 Å². The minimum atomic E-state index is -0.819. The van der Waals surface area contributed by atoms with Gasteiger partial charge in [-0.3, -0.25) is 0 Å². The first-order chi connectivity index (χ1) is 14.5. The molecule has 0 radical (unpaired) electrons. The van der Waals surface area contributed by atoms with E-state index in [2.05, 4.69) is 0 Å². The molecule has 4 fully saturated rings. The molecule has 4 aliphatic rings. The summed E-state index contributed by atoms with van der Waals surface area (Å²) in [5, 5.41) is 20.5. The molecule has 0 aromatic rings. The van der Waals surface area contributed by atoms with Gasteiger partial charge in [-0.1, -0.05) is 27.7 Å². The number of hydrogen-bond acceptors (Lipinski definition) is 8. The summed E-state index contributed by atoms with van der Waals surface area (Å²) in [6.45, 7) is 19.1. The van der Waals surface area contributed by atoms with Crippen LogP contribution >= 0.6 is 0 Å². The molecule has 0 unspecified atom stereocenters. The van der Waals surface area contributed by atoms with Gasteiger partial charge in [-0.05, 0) is 54.4 Å². The quantitative estimate of drug-likeness (QED) is 0.660. The van der Waals surface area contributed by atoms with Crippen LogP contribution in [0, 0.1) is 11.8 Å². The second-order valence-electron chi connectivity index (χ2n) is 11.2. The van der Waals surface area contributed by atoms with E-state index in [9.17, 15) is 10.2 Å². The minimum absolute atomic E-state index is 0.0713. The Bertz CT molecular complexity index is 604. The fourth-order valence-corrected chi connectivity index (χ4v) is 5.15. The van der Waals surface area contributed by atoms with E-state index in [0.29, 0.717) is 12.8 Å². The van der Waals surface area contributed by atoms with Gasteiger partial charge < -0.3 is 38.6 Å². The fourth-order valence-electron chi connectivity index (χ4n) is 5.15. The molecule has 0 aromatic heterocycles. The van der Waals surface area contributed by atoms with Crippen LogP contribution in [0.2, 0.25) is 0 Å². The lowest BCUT2D eigenvalue weighted by molar-refractivity contribution is -0.231. The zero-order valence-corrected chi connectivity index (χ0v) is 21.4. The predicted octanol–water partition coefficient (Wildman–Crippen LogP) is 3.32. The molecule has 32 heavy (non-hydrogen) atoms. The molecule has 8 heteroatoms. The molecule has 188 valence electrons. The lowest BCUT2D eigenvalue weighted by atomic mass is 9.86. The molecule has 10 atom stereocenters. The Kier molecular flexibility index (Phi) is 7.16. The molecular weight excluding hydrogens is 416 g/mol. The first-order valence-corrected chi connectivity index (χ1v) is 12.0. The van der Waals surface area contributed by atoms with Crippen LogP contribution in [0.4, 0.5) is 0 Å². The minimum Gasteiger partial charge on any atom is -0.387 e. The maximum absolute atomic E-state index is 10.2. The van der Waals surface area contributed by atoms with Crippen LogP contribution in [0.3, 0.4) is 0 Å². The Morgan fingerprint density at radius 1 is 0.656 bits per heavy atom. The van der Waals surface area contributed by atoms with Crippen molar-refractivity contribution in [2.75, 3.05) is 0 Å². The number of fused-ring (bicyclic) bond motifs is 2. The maximum Gasteiger partial charge on any atom is 0.187 e. The highest BCUT2D eigenvalue weighted by Gasteiger charge is 2.57. The van der Waals surface area contributed by atoms with Gasteiger partial charge in [0.15, 0.2) is 24.2 Å².